The maximum atomic E-state index is 16.7. The quantitative estimate of drug-likeness (QED) is 0.203. The summed E-state index contributed by atoms with van der Waals surface area (Å²) in [7, 11) is 1.67. The van der Waals surface area contributed by atoms with Crippen molar-refractivity contribution in [2.24, 2.45) is 7.05 Å². The van der Waals surface area contributed by atoms with Crippen molar-refractivity contribution in [1.82, 2.24) is 19.4 Å². The molecule has 1 aliphatic heterocycles. The molecule has 2 aliphatic rings. The van der Waals surface area contributed by atoms with E-state index in [1.807, 2.05) is 0 Å². The van der Waals surface area contributed by atoms with Crippen LogP contribution in [0.25, 0.3) is 0 Å². The van der Waals surface area contributed by atoms with E-state index in [-0.39, 0.29) is 48.3 Å². The lowest BCUT2D eigenvalue weighted by Gasteiger charge is -2.54. The third-order valence-electron chi connectivity index (χ3n) is 10.3. The lowest BCUT2D eigenvalue weighted by atomic mass is 9.73. The molecule has 1 saturated carbocycles. The first-order valence-electron chi connectivity index (χ1n) is 16.9. The summed E-state index contributed by atoms with van der Waals surface area (Å²) in [6.07, 6.45) is 1.17. The SMILES string of the molecule is Cc1cc([C@H](C)NC(=O)c2cc(Cn3ccn(C)c3=N)cc(C3CCC(F)C4(CCCCCCCCC4)N3C(F)(F)F)c2F)ccc1F. The van der Waals surface area contributed by atoms with Gasteiger partial charge in [-0.15, -0.1) is 0 Å². The van der Waals surface area contributed by atoms with Crippen LogP contribution in [0.2, 0.25) is 0 Å². The highest BCUT2D eigenvalue weighted by Crippen LogP contribution is 2.52. The largest absolute Gasteiger partial charge is 0.461 e. The molecule has 2 unspecified atom stereocenters. The second-order valence-corrected chi connectivity index (χ2v) is 13.6. The number of benzene rings is 2. The third-order valence-corrected chi connectivity index (χ3v) is 10.3. The van der Waals surface area contributed by atoms with Crippen molar-refractivity contribution >= 4 is 5.91 Å². The second-order valence-electron chi connectivity index (χ2n) is 13.6. The monoisotopic (exact) mass is 677 g/mol. The van der Waals surface area contributed by atoms with Gasteiger partial charge >= 0.3 is 6.30 Å². The van der Waals surface area contributed by atoms with Crippen LogP contribution < -0.4 is 10.9 Å². The smallest absolute Gasteiger partial charge is 0.345 e. The molecule has 48 heavy (non-hydrogen) atoms. The highest BCUT2D eigenvalue weighted by molar-refractivity contribution is 5.95. The van der Waals surface area contributed by atoms with Gasteiger partial charge in [0.05, 0.1) is 23.7 Å². The zero-order valence-electron chi connectivity index (χ0n) is 27.8. The molecule has 1 saturated heterocycles. The first-order valence-corrected chi connectivity index (χ1v) is 16.9. The van der Waals surface area contributed by atoms with Gasteiger partial charge in [0, 0.05) is 31.0 Å². The second kappa shape index (κ2) is 14.5. The lowest BCUT2D eigenvalue weighted by Crippen LogP contribution is -2.64. The Labute approximate surface area is 277 Å². The number of nitrogens with one attached hydrogen (secondary N) is 2. The highest BCUT2D eigenvalue weighted by Gasteiger charge is 2.60. The van der Waals surface area contributed by atoms with E-state index in [2.05, 4.69) is 5.32 Å². The Hall–Kier alpha value is -3.54. The summed E-state index contributed by atoms with van der Waals surface area (Å²) in [5.74, 6) is -2.35. The average Bonchev–Trinajstić information content (AvgIpc) is 3.35. The number of nitrogens with zero attached hydrogens (tertiary/aromatic N) is 3. The molecule has 3 atom stereocenters. The molecule has 0 radical (unpaired) electrons. The summed E-state index contributed by atoms with van der Waals surface area (Å²) < 4.78 is 95.7. The fraction of sp³-hybridized carbons (Fsp3) is 0.556. The van der Waals surface area contributed by atoms with E-state index in [0.717, 1.165) is 19.3 Å². The van der Waals surface area contributed by atoms with Gasteiger partial charge in [0.25, 0.3) is 5.91 Å². The van der Waals surface area contributed by atoms with Crippen LogP contribution in [0, 0.1) is 24.0 Å². The number of amides is 1. The number of carbonyl (C=O) groups is 1. The Kier molecular flexibility index (Phi) is 10.8. The number of hydrogen-bond acceptors (Lipinski definition) is 3. The van der Waals surface area contributed by atoms with E-state index < -0.39 is 53.2 Å². The topological polar surface area (TPSA) is 66.0 Å². The first-order chi connectivity index (χ1) is 22.7. The van der Waals surface area contributed by atoms with E-state index in [9.17, 15) is 9.18 Å². The number of piperidine rings is 1. The fourth-order valence-electron chi connectivity index (χ4n) is 7.66. The molecular formula is C36H45F6N5O. The number of imidazole rings is 1. The zero-order chi connectivity index (χ0) is 34.8. The van der Waals surface area contributed by atoms with Crippen molar-refractivity contribution in [1.29, 1.82) is 5.41 Å². The Bertz CT molecular complexity index is 1650. The molecule has 12 heteroatoms. The van der Waals surface area contributed by atoms with E-state index in [1.54, 1.807) is 43.9 Å². The number of alkyl halides is 4. The van der Waals surface area contributed by atoms with E-state index in [1.165, 1.54) is 28.8 Å². The maximum Gasteiger partial charge on any atom is 0.461 e. The minimum Gasteiger partial charge on any atom is -0.345 e. The Balaban J connectivity index is 1.60. The minimum absolute atomic E-state index is 0.00440. The molecular weight excluding hydrogens is 632 g/mol. The van der Waals surface area contributed by atoms with E-state index in [4.69, 9.17) is 5.41 Å². The number of carbonyl (C=O) groups excluding carboxylic acids is 1. The molecule has 6 nitrogen and oxygen atoms in total. The molecule has 5 rings (SSSR count). The molecule has 1 aromatic heterocycles. The van der Waals surface area contributed by atoms with Crippen molar-refractivity contribution in [2.75, 3.05) is 0 Å². The first kappa shape index (κ1) is 35.8. The molecule has 262 valence electrons. The van der Waals surface area contributed by atoms with Crippen molar-refractivity contribution in [2.45, 2.75) is 121 Å². The predicted molar refractivity (Wildman–Crippen MR) is 171 cm³/mol. The summed E-state index contributed by atoms with van der Waals surface area (Å²) in [4.78, 5) is 14.0. The Morgan fingerprint density at radius 3 is 2.23 bits per heavy atom. The van der Waals surface area contributed by atoms with Gasteiger partial charge in [-0.1, -0.05) is 57.1 Å². The molecule has 2 aromatic carbocycles. The molecule has 2 N–H and O–H groups in total. The van der Waals surface area contributed by atoms with Gasteiger partial charge < -0.3 is 14.5 Å². The normalized spacial score (nSPS) is 21.6. The van der Waals surface area contributed by atoms with Gasteiger partial charge in [-0.3, -0.25) is 10.2 Å². The molecule has 2 fully saturated rings. The molecule has 2 heterocycles. The fourth-order valence-corrected chi connectivity index (χ4v) is 7.66. The summed E-state index contributed by atoms with van der Waals surface area (Å²) in [5, 5.41) is 11.1. The van der Waals surface area contributed by atoms with Gasteiger partial charge in [-0.2, -0.15) is 18.1 Å². The number of likely N-dealkylation sites (tertiary alicyclic amines) is 1. The number of hydrogen-bond donors (Lipinski definition) is 2. The summed E-state index contributed by atoms with van der Waals surface area (Å²) in [5.41, 5.74) is -1.24. The highest BCUT2D eigenvalue weighted by atomic mass is 19.4. The Morgan fingerprint density at radius 1 is 1.00 bits per heavy atom. The van der Waals surface area contributed by atoms with Crippen molar-refractivity contribution in [3.8, 4) is 0 Å². The standard InChI is InChI=1S/C36H45F6N5O/c1-23-19-26(11-12-29(23)37)24(2)44-33(48)28-21-25(22-46-18-17-45(3)34(46)43)20-27(32(28)39)30-13-14-31(38)35(47(30)36(40,41)42)15-9-7-5-4-6-8-10-16-35/h11-12,17-21,24,30-31,43H,4-10,13-16,22H2,1-3H3,(H,44,48)/t24-,30?,31?/m0/s1. The van der Waals surface area contributed by atoms with Crippen LogP contribution in [-0.2, 0) is 13.6 Å². The van der Waals surface area contributed by atoms with E-state index >= 15 is 22.0 Å². The van der Waals surface area contributed by atoms with Crippen molar-refractivity contribution in [3.05, 3.63) is 87.8 Å². The molecule has 1 amide bonds. The molecule has 1 spiro atoms. The van der Waals surface area contributed by atoms with Crippen molar-refractivity contribution < 1.29 is 31.1 Å². The van der Waals surface area contributed by atoms with Crippen LogP contribution in [0.5, 0.6) is 0 Å². The van der Waals surface area contributed by atoms with E-state index in [0.29, 0.717) is 42.4 Å². The summed E-state index contributed by atoms with van der Waals surface area (Å²) in [6.45, 7) is 3.22. The van der Waals surface area contributed by atoms with Crippen LogP contribution in [0.4, 0.5) is 26.3 Å². The summed E-state index contributed by atoms with van der Waals surface area (Å²) >= 11 is 0. The van der Waals surface area contributed by atoms with Crippen LogP contribution in [0.15, 0.2) is 42.7 Å². The third kappa shape index (κ3) is 7.38. The van der Waals surface area contributed by atoms with Crippen LogP contribution in [-0.4, -0.2) is 38.0 Å². The van der Waals surface area contributed by atoms with Gasteiger partial charge in [0.15, 0.2) is 0 Å². The predicted octanol–water partition coefficient (Wildman–Crippen LogP) is 8.69. The molecule has 3 aromatic rings. The average molecular weight is 678 g/mol. The van der Waals surface area contributed by atoms with Crippen molar-refractivity contribution in [3.63, 3.8) is 0 Å². The number of aryl methyl sites for hydroxylation is 2. The maximum absolute atomic E-state index is 16.7. The summed E-state index contributed by atoms with van der Waals surface area (Å²) in [6, 6.07) is 4.75. The molecule has 0 bridgehead atoms. The van der Waals surface area contributed by atoms with Crippen LogP contribution >= 0.6 is 0 Å². The van der Waals surface area contributed by atoms with Crippen LogP contribution in [0.3, 0.4) is 0 Å². The number of rotatable bonds is 6. The van der Waals surface area contributed by atoms with Gasteiger partial charge in [-0.05, 0) is 74.4 Å². The number of aromatic nitrogens is 2. The van der Waals surface area contributed by atoms with Gasteiger partial charge in [-0.25, -0.2) is 13.2 Å². The number of halogens is 6. The zero-order valence-corrected chi connectivity index (χ0v) is 27.8. The lowest BCUT2D eigenvalue weighted by molar-refractivity contribution is -0.313. The van der Waals surface area contributed by atoms with Crippen LogP contribution in [0.1, 0.15) is 122 Å². The van der Waals surface area contributed by atoms with Gasteiger partial charge in [0.2, 0.25) is 5.62 Å². The Morgan fingerprint density at radius 2 is 1.65 bits per heavy atom. The molecule has 1 aliphatic carbocycles. The van der Waals surface area contributed by atoms with Gasteiger partial charge in [0.1, 0.15) is 17.8 Å². The minimum atomic E-state index is -4.97.